The van der Waals surface area contributed by atoms with Crippen molar-refractivity contribution in [1.29, 1.82) is 0 Å². The Balaban J connectivity index is 1.89. The highest BCUT2D eigenvalue weighted by molar-refractivity contribution is 9.10. The van der Waals surface area contributed by atoms with Gasteiger partial charge in [0.25, 0.3) is 0 Å². The third-order valence-corrected chi connectivity index (χ3v) is 7.74. The van der Waals surface area contributed by atoms with Gasteiger partial charge in [-0.05, 0) is 58.4 Å². The molecule has 0 amide bonds. The number of carbonyl (C=O) groups excluding carboxylic acids is 1. The number of hydrogen-bond donors (Lipinski definition) is 1. The fraction of sp³-hybridized carbons (Fsp3) is 0.0870. The van der Waals surface area contributed by atoms with Gasteiger partial charge in [-0.25, -0.2) is 9.18 Å². The zero-order chi connectivity index (χ0) is 23.0. The van der Waals surface area contributed by atoms with Gasteiger partial charge in [0.1, 0.15) is 22.7 Å². The van der Waals surface area contributed by atoms with Crippen LogP contribution in [-0.2, 0) is 9.30 Å². The highest BCUT2D eigenvalue weighted by atomic mass is 79.9. The Morgan fingerprint density at radius 1 is 1.12 bits per heavy atom. The Labute approximate surface area is 191 Å². The molecule has 0 saturated heterocycles. The molecule has 4 rings (SSSR count). The number of anilines is 1. The number of carbonyl (C=O) groups is 1. The monoisotopic (exact) mass is 517 g/mol. The Morgan fingerprint density at radius 3 is 2.41 bits per heavy atom. The number of hydrogen-bond acceptors (Lipinski definition) is 4. The molecule has 1 heterocycles. The van der Waals surface area contributed by atoms with Gasteiger partial charge in [-0.1, -0.05) is 18.2 Å². The van der Waals surface area contributed by atoms with E-state index < -0.39 is 19.3 Å². The van der Waals surface area contributed by atoms with Crippen molar-refractivity contribution in [3.63, 3.8) is 0 Å². The van der Waals surface area contributed by atoms with Crippen molar-refractivity contribution in [3.8, 4) is 11.3 Å². The lowest BCUT2D eigenvalue weighted by atomic mass is 10.1. The van der Waals surface area contributed by atoms with Gasteiger partial charge in [0.15, 0.2) is 0 Å². The summed E-state index contributed by atoms with van der Waals surface area (Å²) >= 11 is 3.45. The van der Waals surface area contributed by atoms with Gasteiger partial charge in [0.2, 0.25) is 0 Å². The number of rotatable bonds is 5. The van der Waals surface area contributed by atoms with Crippen LogP contribution in [0.2, 0.25) is 0 Å². The van der Waals surface area contributed by atoms with Crippen LogP contribution in [0.25, 0.3) is 22.3 Å². The van der Waals surface area contributed by atoms with E-state index in [1.807, 2.05) is 0 Å². The minimum absolute atomic E-state index is 0.180. The molecule has 6 nitrogen and oxygen atoms in total. The maximum atomic E-state index is 13.4. The van der Waals surface area contributed by atoms with Gasteiger partial charge in [-0.3, -0.25) is 4.57 Å². The van der Waals surface area contributed by atoms with Crippen LogP contribution in [0.5, 0.6) is 0 Å². The molecule has 3 aromatic carbocycles. The molecule has 1 aromatic heterocycles. The summed E-state index contributed by atoms with van der Waals surface area (Å²) in [6.45, 7) is 0. The topological polar surface area (TPSA) is 80.0 Å². The average molecular weight is 518 g/mol. The van der Waals surface area contributed by atoms with Crippen LogP contribution in [0.3, 0.4) is 0 Å². The molecule has 0 saturated carbocycles. The number of esters is 1. The summed E-state index contributed by atoms with van der Waals surface area (Å²) in [6, 6.07) is 17.0. The number of ether oxygens (including phenoxy) is 1. The van der Waals surface area contributed by atoms with E-state index in [1.54, 1.807) is 42.5 Å². The molecular formula is C23H18BrFNO5P. The summed E-state index contributed by atoms with van der Waals surface area (Å²) in [5, 5.41) is 0.726. The Bertz CT molecular complexity index is 1350. The van der Waals surface area contributed by atoms with E-state index in [-0.39, 0.29) is 16.6 Å². The fourth-order valence-electron chi connectivity index (χ4n) is 3.40. The third-order valence-electron chi connectivity index (χ3n) is 5.10. The molecule has 0 aliphatic heterocycles. The Kier molecular flexibility index (Phi) is 5.95. The van der Waals surface area contributed by atoms with Gasteiger partial charge in [-0.15, -0.1) is 0 Å². The molecule has 9 heteroatoms. The van der Waals surface area contributed by atoms with Crippen LogP contribution >= 0.6 is 23.4 Å². The summed E-state index contributed by atoms with van der Waals surface area (Å²) in [4.78, 5) is 23.4. The third kappa shape index (κ3) is 3.86. The van der Waals surface area contributed by atoms with Crippen LogP contribution in [0.15, 0.2) is 75.6 Å². The maximum Gasteiger partial charge on any atom is 0.342 e. The predicted octanol–water partition coefficient (Wildman–Crippen LogP) is 5.74. The molecule has 1 unspecified atom stereocenters. The van der Waals surface area contributed by atoms with E-state index in [9.17, 15) is 18.6 Å². The molecule has 1 atom stereocenters. The van der Waals surface area contributed by atoms with Crippen LogP contribution in [0.1, 0.15) is 10.4 Å². The molecule has 0 aliphatic carbocycles. The lowest BCUT2D eigenvalue weighted by Crippen LogP contribution is -2.21. The van der Waals surface area contributed by atoms with Crippen molar-refractivity contribution in [2.45, 2.75) is 0 Å². The van der Waals surface area contributed by atoms with Crippen molar-refractivity contribution in [2.75, 3.05) is 18.8 Å². The van der Waals surface area contributed by atoms with Gasteiger partial charge in [0.05, 0.1) is 18.1 Å². The minimum atomic E-state index is -3.93. The molecule has 0 aliphatic rings. The second kappa shape index (κ2) is 8.54. The molecule has 0 spiro atoms. The van der Waals surface area contributed by atoms with Gasteiger partial charge >= 0.3 is 13.5 Å². The molecule has 0 radical (unpaired) electrons. The number of fused-ring (bicyclic) bond motifs is 1. The fourth-order valence-corrected chi connectivity index (χ4v) is 5.52. The van der Waals surface area contributed by atoms with E-state index in [0.717, 1.165) is 0 Å². The van der Waals surface area contributed by atoms with Crippen LogP contribution < -0.4 is 9.97 Å². The quantitative estimate of drug-likeness (QED) is 0.269. The average Bonchev–Trinajstić information content (AvgIpc) is 3.16. The van der Waals surface area contributed by atoms with E-state index in [4.69, 9.17) is 9.15 Å². The van der Waals surface area contributed by atoms with Crippen molar-refractivity contribution in [1.82, 2.24) is 0 Å². The first-order chi connectivity index (χ1) is 15.2. The van der Waals surface area contributed by atoms with Crippen molar-refractivity contribution >= 4 is 51.4 Å². The molecular weight excluding hydrogens is 500 g/mol. The molecule has 1 N–H and O–H groups in total. The summed E-state index contributed by atoms with van der Waals surface area (Å²) in [5.74, 6) is -0.822. The van der Waals surface area contributed by atoms with E-state index >= 15 is 0 Å². The van der Waals surface area contributed by atoms with Gasteiger partial charge in [0, 0.05) is 28.5 Å². The number of benzene rings is 3. The van der Waals surface area contributed by atoms with Crippen LogP contribution in [0.4, 0.5) is 10.1 Å². The summed E-state index contributed by atoms with van der Waals surface area (Å²) < 4.78 is 39.3. The SMILES string of the molecule is COC(=O)c1c(-c2ccc(F)cc2)oc2cc(N(C)P(=O)(O)c3ccccc3)c(Br)cc12. The molecule has 4 aromatic rings. The summed E-state index contributed by atoms with van der Waals surface area (Å²) in [6.07, 6.45) is 0. The normalized spacial score (nSPS) is 13.0. The maximum absolute atomic E-state index is 13.4. The number of nitrogens with zero attached hydrogens (tertiary/aromatic N) is 1. The first-order valence-corrected chi connectivity index (χ1v) is 11.9. The number of halogens is 2. The second-order valence-electron chi connectivity index (χ2n) is 7.01. The molecule has 0 fully saturated rings. The lowest BCUT2D eigenvalue weighted by molar-refractivity contribution is 0.0603. The molecule has 0 bridgehead atoms. The van der Waals surface area contributed by atoms with Gasteiger partial charge in [-0.2, -0.15) is 0 Å². The van der Waals surface area contributed by atoms with Crippen molar-refractivity contribution in [3.05, 3.63) is 82.6 Å². The predicted molar refractivity (Wildman–Crippen MR) is 125 cm³/mol. The number of methoxy groups -OCH3 is 1. The van der Waals surface area contributed by atoms with E-state index in [0.29, 0.717) is 26.7 Å². The van der Waals surface area contributed by atoms with Gasteiger partial charge < -0.3 is 18.7 Å². The Morgan fingerprint density at radius 2 is 1.78 bits per heavy atom. The van der Waals surface area contributed by atoms with Crippen LogP contribution in [0, 0.1) is 5.82 Å². The number of furan rings is 1. The highest BCUT2D eigenvalue weighted by Crippen LogP contribution is 2.49. The molecule has 164 valence electrons. The second-order valence-corrected chi connectivity index (χ2v) is 10.1. The lowest BCUT2D eigenvalue weighted by Gasteiger charge is -2.26. The van der Waals surface area contributed by atoms with Crippen LogP contribution in [-0.4, -0.2) is 25.0 Å². The highest BCUT2D eigenvalue weighted by Gasteiger charge is 2.31. The van der Waals surface area contributed by atoms with Crippen molar-refractivity contribution < 1.29 is 27.8 Å². The largest absolute Gasteiger partial charge is 0.465 e. The summed E-state index contributed by atoms with van der Waals surface area (Å²) in [7, 11) is -1.16. The van der Waals surface area contributed by atoms with E-state index in [1.165, 1.54) is 43.1 Å². The zero-order valence-corrected chi connectivity index (χ0v) is 19.6. The zero-order valence-electron chi connectivity index (χ0n) is 17.1. The first kappa shape index (κ1) is 22.3. The summed E-state index contributed by atoms with van der Waals surface area (Å²) in [5.41, 5.74) is 1.37. The smallest absolute Gasteiger partial charge is 0.342 e. The Hall–Kier alpha value is -2.93. The van der Waals surface area contributed by atoms with Crippen molar-refractivity contribution in [2.24, 2.45) is 0 Å². The van der Waals surface area contributed by atoms with E-state index in [2.05, 4.69) is 15.9 Å². The minimum Gasteiger partial charge on any atom is -0.465 e. The first-order valence-electron chi connectivity index (χ1n) is 9.47. The molecule has 32 heavy (non-hydrogen) atoms. The standard InChI is InChI=1S/C23H18BrFNO5P/c1-26(32(28,29)16-6-4-3-5-7-16)19-13-20-17(12-18(19)24)21(23(27)30-2)22(31-20)14-8-10-15(25)11-9-14/h3-13H,1-2H3,(H,28,29).